The number of aromatic nitrogens is 2. The molecule has 0 aliphatic carbocycles. The van der Waals surface area contributed by atoms with Crippen LogP contribution in [0.3, 0.4) is 0 Å². The highest BCUT2D eigenvalue weighted by Gasteiger charge is 2.44. The van der Waals surface area contributed by atoms with Gasteiger partial charge in [-0.15, -0.1) is 0 Å². The molecule has 1 saturated heterocycles. The maximum absolute atomic E-state index is 13.2. The van der Waals surface area contributed by atoms with Crippen molar-refractivity contribution in [1.29, 1.82) is 0 Å². The van der Waals surface area contributed by atoms with Crippen molar-refractivity contribution in [2.24, 2.45) is 0 Å². The Morgan fingerprint density at radius 2 is 1.83 bits per heavy atom. The van der Waals surface area contributed by atoms with Crippen LogP contribution >= 0.6 is 0 Å². The fraction of sp³-hybridized carbons (Fsp3) is 0.304. The average Bonchev–Trinajstić information content (AvgIpc) is 3.40. The summed E-state index contributed by atoms with van der Waals surface area (Å²) in [6.07, 6.45) is 3.83. The number of nitrogens with zero attached hydrogens (tertiary/aromatic N) is 4. The number of amides is 1. The smallest absolute Gasteiger partial charge is 0.271 e. The molecule has 2 atom stereocenters. The van der Waals surface area contributed by atoms with Gasteiger partial charge in [0.2, 0.25) is 0 Å². The second-order valence-electron chi connectivity index (χ2n) is 7.73. The third kappa shape index (κ3) is 3.29. The lowest BCUT2D eigenvalue weighted by Gasteiger charge is -2.38. The number of benzene rings is 1. The number of carbonyl (C=O) groups excluding carboxylic acids is 1. The Hall–Kier alpha value is -3.12. The van der Waals surface area contributed by atoms with Gasteiger partial charge >= 0.3 is 0 Å². The van der Waals surface area contributed by atoms with Gasteiger partial charge < -0.3 is 14.2 Å². The molecule has 0 unspecified atom stereocenters. The minimum Gasteiger partial charge on any atom is -0.497 e. The Morgan fingerprint density at radius 1 is 1.00 bits per heavy atom. The summed E-state index contributed by atoms with van der Waals surface area (Å²) in [7, 11) is 1.68. The molecule has 2 aliphatic rings. The van der Waals surface area contributed by atoms with Crippen LogP contribution in [-0.2, 0) is 13.1 Å². The van der Waals surface area contributed by atoms with Gasteiger partial charge in [-0.2, -0.15) is 0 Å². The van der Waals surface area contributed by atoms with E-state index in [1.54, 1.807) is 13.3 Å². The predicted octanol–water partition coefficient (Wildman–Crippen LogP) is 2.97. The van der Waals surface area contributed by atoms with E-state index in [1.165, 1.54) is 5.56 Å². The first-order chi connectivity index (χ1) is 14.2. The molecule has 1 fully saturated rings. The molecule has 0 radical (unpaired) electrons. The second-order valence-corrected chi connectivity index (χ2v) is 7.73. The zero-order valence-electron chi connectivity index (χ0n) is 16.4. The Morgan fingerprint density at radius 3 is 2.59 bits per heavy atom. The van der Waals surface area contributed by atoms with Gasteiger partial charge in [0.1, 0.15) is 11.4 Å². The molecule has 0 N–H and O–H groups in total. The van der Waals surface area contributed by atoms with Crippen LogP contribution in [0.5, 0.6) is 5.75 Å². The fourth-order valence-corrected chi connectivity index (χ4v) is 4.56. The molecule has 0 saturated carbocycles. The molecule has 0 bridgehead atoms. The first-order valence-corrected chi connectivity index (χ1v) is 9.96. The third-order valence-electron chi connectivity index (χ3n) is 5.97. The van der Waals surface area contributed by atoms with Crippen LogP contribution in [0.15, 0.2) is 67.0 Å². The standard InChI is InChI=1S/C23H24N4O2/c1-29-19-9-7-17(8-10-19)13-25-15-21-22(16-25)27(14-18-5-2-3-11-24-18)23(28)20-6-4-12-26(20)21/h2-12,21-22H,13-16H2,1H3/t21-,22+/m1/s1. The van der Waals surface area contributed by atoms with Gasteiger partial charge in [-0.1, -0.05) is 18.2 Å². The van der Waals surface area contributed by atoms with Crippen LogP contribution in [0.25, 0.3) is 0 Å². The molecule has 29 heavy (non-hydrogen) atoms. The molecule has 5 rings (SSSR count). The number of carbonyl (C=O) groups is 1. The molecule has 1 aromatic carbocycles. The van der Waals surface area contributed by atoms with E-state index in [0.717, 1.165) is 36.8 Å². The van der Waals surface area contributed by atoms with E-state index in [1.807, 2.05) is 53.6 Å². The quantitative estimate of drug-likeness (QED) is 0.674. The van der Waals surface area contributed by atoms with E-state index in [0.29, 0.717) is 6.54 Å². The minimum absolute atomic E-state index is 0.0909. The van der Waals surface area contributed by atoms with Crippen LogP contribution in [0.4, 0.5) is 0 Å². The van der Waals surface area contributed by atoms with Crippen LogP contribution in [0.1, 0.15) is 27.8 Å². The largest absolute Gasteiger partial charge is 0.497 e. The van der Waals surface area contributed by atoms with Crippen molar-refractivity contribution in [2.45, 2.75) is 25.2 Å². The number of fused-ring (bicyclic) bond motifs is 3. The van der Waals surface area contributed by atoms with Crippen molar-refractivity contribution in [1.82, 2.24) is 19.4 Å². The normalized spacial score (nSPS) is 21.1. The minimum atomic E-state index is 0.0909. The Labute approximate surface area is 170 Å². The lowest BCUT2D eigenvalue weighted by molar-refractivity contribution is 0.0553. The Balaban J connectivity index is 1.40. The summed E-state index contributed by atoms with van der Waals surface area (Å²) in [4.78, 5) is 22.1. The summed E-state index contributed by atoms with van der Waals surface area (Å²) in [5, 5.41) is 0. The van der Waals surface area contributed by atoms with E-state index in [-0.39, 0.29) is 18.0 Å². The van der Waals surface area contributed by atoms with Gasteiger partial charge in [-0.05, 0) is 42.0 Å². The van der Waals surface area contributed by atoms with E-state index in [2.05, 4.69) is 26.6 Å². The number of methoxy groups -OCH3 is 1. The van der Waals surface area contributed by atoms with Crippen molar-refractivity contribution in [3.05, 3.63) is 83.9 Å². The van der Waals surface area contributed by atoms with Gasteiger partial charge in [-0.25, -0.2) is 0 Å². The zero-order chi connectivity index (χ0) is 19.8. The molecule has 1 amide bonds. The first-order valence-electron chi connectivity index (χ1n) is 9.96. The molecule has 2 aromatic heterocycles. The summed E-state index contributed by atoms with van der Waals surface area (Å²) in [5.41, 5.74) is 2.95. The maximum Gasteiger partial charge on any atom is 0.271 e. The SMILES string of the molecule is COc1ccc(CN2C[C@@H]3[C@H](C2)N(Cc2ccccn2)C(=O)c2cccn23)cc1. The highest BCUT2D eigenvalue weighted by Crippen LogP contribution is 2.35. The zero-order valence-corrected chi connectivity index (χ0v) is 16.4. The van der Waals surface area contributed by atoms with Gasteiger partial charge in [0.25, 0.3) is 5.91 Å². The molecule has 148 valence electrons. The molecule has 4 heterocycles. The van der Waals surface area contributed by atoms with E-state index < -0.39 is 0 Å². The highest BCUT2D eigenvalue weighted by molar-refractivity contribution is 5.94. The number of hydrogen-bond acceptors (Lipinski definition) is 4. The van der Waals surface area contributed by atoms with Crippen molar-refractivity contribution in [3.8, 4) is 5.75 Å². The summed E-state index contributed by atoms with van der Waals surface area (Å²) in [6, 6.07) is 18.4. The summed E-state index contributed by atoms with van der Waals surface area (Å²) < 4.78 is 7.42. The number of rotatable bonds is 5. The van der Waals surface area contributed by atoms with Crippen molar-refractivity contribution in [2.75, 3.05) is 20.2 Å². The monoisotopic (exact) mass is 388 g/mol. The molecule has 6 heteroatoms. The van der Waals surface area contributed by atoms with Crippen LogP contribution in [-0.4, -0.2) is 51.5 Å². The number of pyridine rings is 1. The van der Waals surface area contributed by atoms with Crippen LogP contribution in [0.2, 0.25) is 0 Å². The highest BCUT2D eigenvalue weighted by atomic mass is 16.5. The molecule has 2 aliphatic heterocycles. The van der Waals surface area contributed by atoms with Gasteiger partial charge in [-0.3, -0.25) is 14.7 Å². The van der Waals surface area contributed by atoms with Crippen LogP contribution < -0.4 is 4.74 Å². The molecular weight excluding hydrogens is 364 g/mol. The Kier molecular flexibility index (Phi) is 4.56. The summed E-state index contributed by atoms with van der Waals surface area (Å²) >= 11 is 0. The van der Waals surface area contributed by atoms with Gasteiger partial charge in [0.15, 0.2) is 0 Å². The average molecular weight is 388 g/mol. The van der Waals surface area contributed by atoms with Crippen molar-refractivity contribution in [3.63, 3.8) is 0 Å². The molecular formula is C23H24N4O2. The van der Waals surface area contributed by atoms with Crippen molar-refractivity contribution >= 4 is 5.91 Å². The summed E-state index contributed by atoms with van der Waals surface area (Å²) in [5.74, 6) is 0.959. The fourth-order valence-electron chi connectivity index (χ4n) is 4.56. The molecule has 6 nitrogen and oxygen atoms in total. The topological polar surface area (TPSA) is 50.6 Å². The van der Waals surface area contributed by atoms with Crippen molar-refractivity contribution < 1.29 is 9.53 Å². The first kappa shape index (κ1) is 17.9. The Bertz CT molecular complexity index is 999. The lowest BCUT2D eigenvalue weighted by Crippen LogP contribution is -2.49. The lowest BCUT2D eigenvalue weighted by atomic mass is 10.1. The second kappa shape index (κ2) is 7.37. The molecule has 0 spiro atoms. The third-order valence-corrected chi connectivity index (χ3v) is 5.97. The van der Waals surface area contributed by atoms with E-state index >= 15 is 0 Å². The summed E-state index contributed by atoms with van der Waals surface area (Å²) in [6.45, 7) is 3.18. The number of ether oxygens (including phenoxy) is 1. The molecule has 3 aromatic rings. The predicted molar refractivity (Wildman–Crippen MR) is 110 cm³/mol. The van der Waals surface area contributed by atoms with E-state index in [4.69, 9.17) is 4.74 Å². The number of likely N-dealkylation sites (tertiary alicyclic amines) is 1. The van der Waals surface area contributed by atoms with Crippen LogP contribution in [0, 0.1) is 0 Å². The van der Waals surface area contributed by atoms with Gasteiger partial charge in [0, 0.05) is 32.0 Å². The number of hydrogen-bond donors (Lipinski definition) is 0. The van der Waals surface area contributed by atoms with E-state index in [9.17, 15) is 4.79 Å². The van der Waals surface area contributed by atoms with Gasteiger partial charge in [0.05, 0.1) is 31.4 Å². The maximum atomic E-state index is 13.2.